The van der Waals surface area contributed by atoms with E-state index in [0.717, 1.165) is 17.8 Å². The summed E-state index contributed by atoms with van der Waals surface area (Å²) >= 11 is 0. The van der Waals surface area contributed by atoms with Crippen molar-refractivity contribution in [1.29, 1.82) is 0 Å². The molecule has 0 atom stereocenters. The van der Waals surface area contributed by atoms with Crippen molar-refractivity contribution in [2.24, 2.45) is 0 Å². The molecule has 1 amide bonds. The summed E-state index contributed by atoms with van der Waals surface area (Å²) < 4.78 is 14.9. The van der Waals surface area contributed by atoms with Crippen LogP contribution in [0.15, 0.2) is 72.9 Å². The monoisotopic (exact) mass is 365 g/mol. The largest absolute Gasteiger partial charge is 0.478 e. The van der Waals surface area contributed by atoms with Gasteiger partial charge in [0.05, 0.1) is 11.4 Å². The summed E-state index contributed by atoms with van der Waals surface area (Å²) in [6.45, 7) is 0.141. The number of hydrogen-bond acceptors (Lipinski definition) is 3. The molecule has 1 heterocycles. The van der Waals surface area contributed by atoms with Crippen molar-refractivity contribution in [3.63, 3.8) is 0 Å². The molecule has 2 N–H and O–H groups in total. The number of carboxylic acids is 1. The highest BCUT2D eigenvalue weighted by Gasteiger charge is 2.13. The van der Waals surface area contributed by atoms with E-state index in [1.54, 1.807) is 23.0 Å². The zero-order chi connectivity index (χ0) is 19.2. The molecule has 0 bridgehead atoms. The number of halogens is 1. The number of aromatic nitrogens is 2. The lowest BCUT2D eigenvalue weighted by Gasteiger charge is -2.03. The number of carboxylic acid groups (broad SMARTS) is 1. The highest BCUT2D eigenvalue weighted by Crippen LogP contribution is 2.24. The number of aliphatic carboxylic acids is 1. The smallest absolute Gasteiger partial charge is 0.328 e. The topological polar surface area (TPSA) is 84.2 Å². The molecule has 0 saturated heterocycles. The van der Waals surface area contributed by atoms with Crippen molar-refractivity contribution >= 4 is 11.9 Å². The zero-order valence-corrected chi connectivity index (χ0v) is 14.2. The van der Waals surface area contributed by atoms with Gasteiger partial charge in [-0.3, -0.25) is 4.79 Å². The summed E-state index contributed by atoms with van der Waals surface area (Å²) in [6.07, 6.45) is 3.49. The molecule has 6 nitrogen and oxygen atoms in total. The predicted molar refractivity (Wildman–Crippen MR) is 97.6 cm³/mol. The van der Waals surface area contributed by atoms with Crippen LogP contribution in [0, 0.1) is 5.82 Å². The van der Waals surface area contributed by atoms with Gasteiger partial charge in [0, 0.05) is 36.0 Å². The van der Waals surface area contributed by atoms with Gasteiger partial charge >= 0.3 is 5.97 Å². The first-order chi connectivity index (χ1) is 13.0. The highest BCUT2D eigenvalue weighted by atomic mass is 19.1. The second-order valence-electron chi connectivity index (χ2n) is 5.68. The summed E-state index contributed by atoms with van der Waals surface area (Å²) in [6, 6.07) is 15.3. The Labute approximate surface area is 154 Å². The highest BCUT2D eigenvalue weighted by molar-refractivity contribution is 5.93. The van der Waals surface area contributed by atoms with Crippen LogP contribution < -0.4 is 5.32 Å². The molecule has 136 valence electrons. The Morgan fingerprint density at radius 2 is 1.78 bits per heavy atom. The van der Waals surface area contributed by atoms with Crippen molar-refractivity contribution < 1.29 is 19.1 Å². The zero-order valence-electron chi connectivity index (χ0n) is 14.2. The summed E-state index contributed by atoms with van der Waals surface area (Å²) in [5.74, 6) is -2.08. The molecule has 3 aromatic rings. The Kier molecular flexibility index (Phi) is 5.41. The van der Waals surface area contributed by atoms with E-state index in [-0.39, 0.29) is 12.4 Å². The van der Waals surface area contributed by atoms with Crippen molar-refractivity contribution in [2.75, 3.05) is 0 Å². The Balaban J connectivity index is 1.90. The van der Waals surface area contributed by atoms with Crippen LogP contribution in [0.25, 0.3) is 16.9 Å². The molecule has 0 aliphatic heterocycles. The van der Waals surface area contributed by atoms with E-state index >= 15 is 0 Å². The standard InChI is InChI=1S/C20H16FN3O3/c21-16-8-6-14(7-9-16)20-15(12-22-18(25)10-11-19(26)27)13-24(23-20)17-4-2-1-3-5-17/h1-11,13H,12H2,(H,22,25)(H,26,27)/b11-10+. The van der Waals surface area contributed by atoms with Gasteiger partial charge in [0.1, 0.15) is 5.82 Å². The molecule has 27 heavy (non-hydrogen) atoms. The third kappa shape index (κ3) is 4.66. The van der Waals surface area contributed by atoms with Gasteiger partial charge in [-0.15, -0.1) is 0 Å². The minimum absolute atomic E-state index is 0.141. The second kappa shape index (κ2) is 8.09. The minimum atomic E-state index is -1.20. The van der Waals surface area contributed by atoms with Crippen molar-refractivity contribution in [3.05, 3.63) is 84.3 Å². The number of amides is 1. The van der Waals surface area contributed by atoms with Crippen molar-refractivity contribution in [1.82, 2.24) is 15.1 Å². The first-order valence-corrected chi connectivity index (χ1v) is 8.11. The summed E-state index contributed by atoms with van der Waals surface area (Å²) in [5, 5.41) is 15.8. The maximum atomic E-state index is 13.2. The van der Waals surface area contributed by atoms with Crippen molar-refractivity contribution in [3.8, 4) is 16.9 Å². The summed E-state index contributed by atoms with van der Waals surface area (Å²) in [5.41, 5.74) is 2.85. The van der Waals surface area contributed by atoms with E-state index in [1.165, 1.54) is 12.1 Å². The molecular formula is C20H16FN3O3. The van der Waals surface area contributed by atoms with Crippen LogP contribution in [0.4, 0.5) is 4.39 Å². The number of benzene rings is 2. The number of carbonyl (C=O) groups is 2. The number of para-hydroxylation sites is 1. The molecule has 3 rings (SSSR count). The molecule has 0 spiro atoms. The summed E-state index contributed by atoms with van der Waals surface area (Å²) in [7, 11) is 0. The van der Waals surface area contributed by atoms with Gasteiger partial charge in [-0.05, 0) is 36.4 Å². The van der Waals surface area contributed by atoms with Gasteiger partial charge in [0.2, 0.25) is 5.91 Å². The van der Waals surface area contributed by atoms with Gasteiger partial charge in [0.25, 0.3) is 0 Å². The molecule has 0 unspecified atom stereocenters. The minimum Gasteiger partial charge on any atom is -0.478 e. The predicted octanol–water partition coefficient (Wildman–Crippen LogP) is 2.94. The lowest BCUT2D eigenvalue weighted by Crippen LogP contribution is -2.20. The Bertz CT molecular complexity index is 979. The molecule has 0 fully saturated rings. The molecule has 1 aromatic heterocycles. The van der Waals surface area contributed by atoms with Crippen LogP contribution in [0.3, 0.4) is 0 Å². The van der Waals surface area contributed by atoms with Crippen molar-refractivity contribution in [2.45, 2.75) is 6.54 Å². The number of nitrogens with one attached hydrogen (secondary N) is 1. The molecule has 0 saturated carbocycles. The van der Waals surface area contributed by atoms with E-state index in [0.29, 0.717) is 16.8 Å². The van der Waals surface area contributed by atoms with Crippen LogP contribution in [-0.2, 0) is 16.1 Å². The lowest BCUT2D eigenvalue weighted by molar-refractivity contribution is -0.131. The average molecular weight is 365 g/mol. The van der Waals surface area contributed by atoms with Crippen LogP contribution in [0.2, 0.25) is 0 Å². The first kappa shape index (κ1) is 18.1. The molecule has 0 aliphatic rings. The third-order valence-corrected chi connectivity index (χ3v) is 3.76. The van der Waals surface area contributed by atoms with Crippen LogP contribution in [0.1, 0.15) is 5.56 Å². The fourth-order valence-electron chi connectivity index (χ4n) is 2.49. The van der Waals surface area contributed by atoms with Crippen LogP contribution >= 0.6 is 0 Å². The van der Waals surface area contributed by atoms with Gasteiger partial charge < -0.3 is 10.4 Å². The van der Waals surface area contributed by atoms with Crippen LogP contribution in [-0.4, -0.2) is 26.8 Å². The number of carbonyl (C=O) groups excluding carboxylic acids is 1. The van der Waals surface area contributed by atoms with E-state index in [4.69, 9.17) is 5.11 Å². The third-order valence-electron chi connectivity index (χ3n) is 3.76. The second-order valence-corrected chi connectivity index (χ2v) is 5.68. The molecule has 0 radical (unpaired) electrons. The van der Waals surface area contributed by atoms with Crippen LogP contribution in [0.5, 0.6) is 0 Å². The fourth-order valence-corrected chi connectivity index (χ4v) is 2.49. The maximum Gasteiger partial charge on any atom is 0.328 e. The molecule has 7 heteroatoms. The quantitative estimate of drug-likeness (QED) is 0.658. The maximum absolute atomic E-state index is 13.2. The first-order valence-electron chi connectivity index (χ1n) is 8.11. The average Bonchev–Trinajstić information content (AvgIpc) is 3.10. The molecule has 0 aliphatic carbocycles. The van der Waals surface area contributed by atoms with E-state index in [2.05, 4.69) is 10.4 Å². The van der Waals surface area contributed by atoms with Gasteiger partial charge in [-0.2, -0.15) is 5.10 Å². The number of hydrogen-bond donors (Lipinski definition) is 2. The Hall–Kier alpha value is -3.74. The number of rotatable bonds is 6. The molecule has 2 aromatic carbocycles. The van der Waals surface area contributed by atoms with E-state index in [1.807, 2.05) is 30.3 Å². The van der Waals surface area contributed by atoms with Gasteiger partial charge in [0.15, 0.2) is 0 Å². The Morgan fingerprint density at radius 3 is 2.44 bits per heavy atom. The normalized spacial score (nSPS) is 10.9. The SMILES string of the molecule is O=C(O)/C=C/C(=O)NCc1cn(-c2ccccc2)nc1-c1ccc(F)cc1. The lowest BCUT2D eigenvalue weighted by atomic mass is 10.1. The van der Waals surface area contributed by atoms with Gasteiger partial charge in [-0.25, -0.2) is 13.9 Å². The fraction of sp³-hybridized carbons (Fsp3) is 0.0500. The van der Waals surface area contributed by atoms with Gasteiger partial charge in [-0.1, -0.05) is 18.2 Å². The Morgan fingerprint density at radius 1 is 1.07 bits per heavy atom. The molecular weight excluding hydrogens is 349 g/mol. The van der Waals surface area contributed by atoms with E-state index in [9.17, 15) is 14.0 Å². The number of nitrogens with zero attached hydrogens (tertiary/aromatic N) is 2. The van der Waals surface area contributed by atoms with E-state index < -0.39 is 11.9 Å². The summed E-state index contributed by atoms with van der Waals surface area (Å²) in [4.78, 5) is 22.2.